The molecular formula is C7H15N3O2. The molecule has 0 unspecified atom stereocenters. The SMILES string of the molecule is CCN(CC(=O)NC)C(=O)CN. The third kappa shape index (κ3) is 3.34. The predicted octanol–water partition coefficient (Wildman–Crippen LogP) is -1.46. The molecule has 0 aliphatic heterocycles. The molecular weight excluding hydrogens is 158 g/mol. The molecule has 0 aliphatic rings. The monoisotopic (exact) mass is 173 g/mol. The van der Waals surface area contributed by atoms with Gasteiger partial charge < -0.3 is 16.0 Å². The van der Waals surface area contributed by atoms with Gasteiger partial charge in [0.2, 0.25) is 11.8 Å². The summed E-state index contributed by atoms with van der Waals surface area (Å²) in [5.74, 6) is -0.389. The average Bonchev–Trinajstić information content (AvgIpc) is 2.12. The van der Waals surface area contributed by atoms with Crippen LogP contribution in [0.2, 0.25) is 0 Å². The van der Waals surface area contributed by atoms with Crippen molar-refractivity contribution in [3.63, 3.8) is 0 Å². The molecule has 0 radical (unpaired) electrons. The lowest BCUT2D eigenvalue weighted by molar-refractivity contribution is -0.134. The van der Waals surface area contributed by atoms with Crippen LogP contribution in [0.5, 0.6) is 0 Å². The Morgan fingerprint density at radius 1 is 1.50 bits per heavy atom. The first-order chi connectivity index (χ1) is 5.65. The van der Waals surface area contributed by atoms with Crippen LogP contribution in [-0.2, 0) is 9.59 Å². The Morgan fingerprint density at radius 2 is 2.08 bits per heavy atom. The summed E-state index contributed by atoms with van der Waals surface area (Å²) in [6, 6.07) is 0. The maximum atomic E-state index is 11.0. The molecule has 0 rings (SSSR count). The van der Waals surface area contributed by atoms with Gasteiger partial charge in [0.1, 0.15) is 0 Å². The van der Waals surface area contributed by atoms with Gasteiger partial charge in [-0.2, -0.15) is 0 Å². The highest BCUT2D eigenvalue weighted by Crippen LogP contribution is 1.87. The van der Waals surface area contributed by atoms with E-state index in [4.69, 9.17) is 5.73 Å². The van der Waals surface area contributed by atoms with Crippen molar-refractivity contribution in [3.8, 4) is 0 Å². The lowest BCUT2D eigenvalue weighted by Crippen LogP contribution is -2.42. The largest absolute Gasteiger partial charge is 0.358 e. The van der Waals surface area contributed by atoms with Crippen LogP contribution in [0, 0.1) is 0 Å². The van der Waals surface area contributed by atoms with E-state index in [1.165, 1.54) is 11.9 Å². The van der Waals surface area contributed by atoms with Crippen LogP contribution in [0.1, 0.15) is 6.92 Å². The van der Waals surface area contributed by atoms with Gasteiger partial charge in [-0.15, -0.1) is 0 Å². The van der Waals surface area contributed by atoms with Gasteiger partial charge in [0.15, 0.2) is 0 Å². The molecule has 0 saturated heterocycles. The van der Waals surface area contributed by atoms with Gasteiger partial charge >= 0.3 is 0 Å². The predicted molar refractivity (Wildman–Crippen MR) is 45.4 cm³/mol. The van der Waals surface area contributed by atoms with Crippen LogP contribution >= 0.6 is 0 Å². The van der Waals surface area contributed by atoms with Crippen molar-refractivity contribution >= 4 is 11.8 Å². The maximum Gasteiger partial charge on any atom is 0.239 e. The number of rotatable bonds is 4. The van der Waals surface area contributed by atoms with Gasteiger partial charge in [0.05, 0.1) is 13.1 Å². The van der Waals surface area contributed by atoms with Gasteiger partial charge in [-0.1, -0.05) is 0 Å². The molecule has 0 saturated carbocycles. The maximum absolute atomic E-state index is 11.0. The number of hydrogen-bond acceptors (Lipinski definition) is 3. The summed E-state index contributed by atoms with van der Waals surface area (Å²) in [5.41, 5.74) is 5.14. The first-order valence-corrected chi connectivity index (χ1v) is 3.84. The number of nitrogens with one attached hydrogen (secondary N) is 1. The average molecular weight is 173 g/mol. The smallest absolute Gasteiger partial charge is 0.239 e. The molecule has 0 aromatic rings. The normalized spacial score (nSPS) is 9.25. The lowest BCUT2D eigenvalue weighted by Gasteiger charge is -2.18. The van der Waals surface area contributed by atoms with Crippen LogP contribution < -0.4 is 11.1 Å². The Labute approximate surface area is 71.9 Å². The molecule has 5 heteroatoms. The second-order valence-corrected chi connectivity index (χ2v) is 2.29. The minimum absolute atomic E-state index is 0.0508. The first-order valence-electron chi connectivity index (χ1n) is 3.84. The van der Waals surface area contributed by atoms with E-state index in [9.17, 15) is 9.59 Å². The van der Waals surface area contributed by atoms with E-state index in [1.54, 1.807) is 6.92 Å². The molecule has 2 amide bonds. The van der Waals surface area contributed by atoms with Crippen LogP contribution in [0.3, 0.4) is 0 Å². The molecule has 0 aromatic heterocycles. The fourth-order valence-electron chi connectivity index (χ4n) is 0.758. The van der Waals surface area contributed by atoms with E-state index in [2.05, 4.69) is 5.32 Å². The van der Waals surface area contributed by atoms with Crippen LogP contribution in [0.4, 0.5) is 0 Å². The number of hydrogen-bond donors (Lipinski definition) is 2. The van der Waals surface area contributed by atoms with E-state index in [1.807, 2.05) is 0 Å². The molecule has 5 nitrogen and oxygen atoms in total. The zero-order valence-electron chi connectivity index (χ0n) is 7.46. The zero-order valence-corrected chi connectivity index (χ0v) is 7.46. The number of nitrogens with two attached hydrogens (primary N) is 1. The molecule has 12 heavy (non-hydrogen) atoms. The summed E-state index contributed by atoms with van der Waals surface area (Å²) in [7, 11) is 1.53. The van der Waals surface area contributed by atoms with Gasteiger partial charge in [-0.05, 0) is 6.92 Å². The third-order valence-electron chi connectivity index (χ3n) is 1.52. The fraction of sp³-hybridized carbons (Fsp3) is 0.714. The van der Waals surface area contributed by atoms with Crippen molar-refractivity contribution in [2.75, 3.05) is 26.7 Å². The van der Waals surface area contributed by atoms with Crippen molar-refractivity contribution < 1.29 is 9.59 Å². The topological polar surface area (TPSA) is 75.4 Å². The molecule has 0 aromatic carbocycles. The fourth-order valence-corrected chi connectivity index (χ4v) is 0.758. The van der Waals surface area contributed by atoms with Crippen molar-refractivity contribution in [3.05, 3.63) is 0 Å². The van der Waals surface area contributed by atoms with Gasteiger partial charge in [0.25, 0.3) is 0 Å². The first kappa shape index (κ1) is 10.9. The van der Waals surface area contributed by atoms with Crippen molar-refractivity contribution in [1.29, 1.82) is 0 Å². The highest BCUT2D eigenvalue weighted by molar-refractivity contribution is 5.85. The van der Waals surface area contributed by atoms with Crippen molar-refractivity contribution in [2.45, 2.75) is 6.92 Å². The number of likely N-dealkylation sites (N-methyl/N-ethyl adjacent to an activating group) is 2. The Hall–Kier alpha value is -1.10. The van der Waals surface area contributed by atoms with Crippen LogP contribution in [0.15, 0.2) is 0 Å². The third-order valence-corrected chi connectivity index (χ3v) is 1.52. The van der Waals surface area contributed by atoms with Crippen molar-refractivity contribution in [1.82, 2.24) is 10.2 Å². The highest BCUT2D eigenvalue weighted by Gasteiger charge is 2.12. The second kappa shape index (κ2) is 5.54. The Bertz CT molecular complexity index is 170. The van der Waals surface area contributed by atoms with E-state index in [0.29, 0.717) is 6.54 Å². The number of nitrogens with zero attached hydrogens (tertiary/aromatic N) is 1. The van der Waals surface area contributed by atoms with Gasteiger partial charge in [-0.25, -0.2) is 0 Å². The minimum Gasteiger partial charge on any atom is -0.358 e. The van der Waals surface area contributed by atoms with E-state index in [-0.39, 0.29) is 24.9 Å². The van der Waals surface area contributed by atoms with Gasteiger partial charge in [-0.3, -0.25) is 9.59 Å². The Morgan fingerprint density at radius 3 is 2.42 bits per heavy atom. The molecule has 3 N–H and O–H groups in total. The molecule has 0 fully saturated rings. The van der Waals surface area contributed by atoms with E-state index >= 15 is 0 Å². The highest BCUT2D eigenvalue weighted by atomic mass is 16.2. The van der Waals surface area contributed by atoms with E-state index in [0.717, 1.165) is 0 Å². The molecule has 0 atom stereocenters. The summed E-state index contributed by atoms with van der Waals surface area (Å²) >= 11 is 0. The standard InChI is InChI=1S/C7H15N3O2/c1-3-10(7(12)4-8)5-6(11)9-2/h3-5,8H2,1-2H3,(H,9,11). The Kier molecular flexibility index (Phi) is 5.03. The summed E-state index contributed by atoms with van der Waals surface area (Å²) in [6.07, 6.45) is 0. The summed E-state index contributed by atoms with van der Waals surface area (Å²) < 4.78 is 0. The summed E-state index contributed by atoms with van der Waals surface area (Å²) in [5, 5.41) is 2.44. The number of carbonyl (C=O) groups is 2. The molecule has 70 valence electrons. The number of carbonyl (C=O) groups excluding carboxylic acids is 2. The molecule has 0 heterocycles. The molecule has 0 spiro atoms. The molecule has 0 bridgehead atoms. The summed E-state index contributed by atoms with van der Waals surface area (Å²) in [6.45, 7) is 2.34. The number of amides is 2. The van der Waals surface area contributed by atoms with Crippen LogP contribution in [0.25, 0.3) is 0 Å². The zero-order chi connectivity index (χ0) is 9.56. The van der Waals surface area contributed by atoms with Crippen LogP contribution in [-0.4, -0.2) is 43.4 Å². The second-order valence-electron chi connectivity index (χ2n) is 2.29. The van der Waals surface area contributed by atoms with Gasteiger partial charge in [0, 0.05) is 13.6 Å². The minimum atomic E-state index is -0.207. The van der Waals surface area contributed by atoms with E-state index < -0.39 is 0 Å². The lowest BCUT2D eigenvalue weighted by atomic mass is 10.4. The van der Waals surface area contributed by atoms with Crippen molar-refractivity contribution in [2.24, 2.45) is 5.73 Å². The molecule has 0 aliphatic carbocycles. The Balaban J connectivity index is 3.99. The quantitative estimate of drug-likeness (QED) is 0.545. The summed E-state index contributed by atoms with van der Waals surface area (Å²) in [4.78, 5) is 23.3.